The Morgan fingerprint density at radius 2 is 1.95 bits per heavy atom. The lowest BCUT2D eigenvalue weighted by Crippen LogP contribution is -2.44. The molecule has 1 rings (SSSR count). The summed E-state index contributed by atoms with van der Waals surface area (Å²) in [7, 11) is 0. The molecule has 0 fully saturated rings. The van der Waals surface area contributed by atoms with Gasteiger partial charge >= 0.3 is 5.97 Å². The maximum Gasteiger partial charge on any atom is 0.335 e. The van der Waals surface area contributed by atoms with E-state index in [1.54, 1.807) is 25.1 Å². The number of carbonyl (C=O) groups is 2. The van der Waals surface area contributed by atoms with Crippen LogP contribution in [0.2, 0.25) is 0 Å². The van der Waals surface area contributed by atoms with E-state index >= 15 is 0 Å². The van der Waals surface area contributed by atoms with Gasteiger partial charge in [0.05, 0.1) is 11.6 Å². The summed E-state index contributed by atoms with van der Waals surface area (Å²) < 4.78 is 0.710. The number of amides is 1. The quantitative estimate of drug-likeness (QED) is 0.740. The van der Waals surface area contributed by atoms with E-state index in [0.717, 1.165) is 5.56 Å². The summed E-state index contributed by atoms with van der Waals surface area (Å²) in [5.74, 6) is -1.02. The number of aromatic carboxylic acids is 1. The van der Waals surface area contributed by atoms with Gasteiger partial charge in [-0.05, 0) is 38.5 Å². The molecule has 1 aromatic rings. The van der Waals surface area contributed by atoms with E-state index in [4.69, 9.17) is 5.11 Å². The highest BCUT2D eigenvalue weighted by Gasteiger charge is 2.14. The van der Waals surface area contributed by atoms with Crippen LogP contribution in [0.5, 0.6) is 0 Å². The molecule has 0 spiro atoms. The zero-order valence-corrected chi connectivity index (χ0v) is 13.3. The molecule has 0 aliphatic carbocycles. The van der Waals surface area contributed by atoms with Gasteiger partial charge in [0.25, 0.3) is 0 Å². The van der Waals surface area contributed by atoms with Gasteiger partial charge in [-0.1, -0.05) is 22.0 Å². The van der Waals surface area contributed by atoms with Crippen LogP contribution in [0, 0.1) is 0 Å². The molecule has 1 aromatic carbocycles. The lowest BCUT2D eigenvalue weighted by Gasteiger charge is -2.16. The molecule has 1 atom stereocenters. The van der Waals surface area contributed by atoms with Gasteiger partial charge in [0.15, 0.2) is 0 Å². The zero-order chi connectivity index (χ0) is 15.3. The van der Waals surface area contributed by atoms with E-state index in [1.807, 2.05) is 13.8 Å². The Morgan fingerprint density at radius 1 is 1.30 bits per heavy atom. The van der Waals surface area contributed by atoms with Crippen molar-refractivity contribution in [2.75, 3.05) is 0 Å². The van der Waals surface area contributed by atoms with E-state index in [9.17, 15) is 9.59 Å². The SMILES string of the molecule is CC(C)NC(=O)C(C)NCc1ccc(C(=O)O)cc1Br. The minimum atomic E-state index is -0.963. The van der Waals surface area contributed by atoms with Crippen LogP contribution in [0.3, 0.4) is 0 Å². The fourth-order valence-corrected chi connectivity index (χ4v) is 2.11. The number of hydrogen-bond acceptors (Lipinski definition) is 3. The van der Waals surface area contributed by atoms with Crippen LogP contribution in [-0.4, -0.2) is 29.1 Å². The smallest absolute Gasteiger partial charge is 0.335 e. The van der Waals surface area contributed by atoms with Crippen molar-refractivity contribution >= 4 is 27.8 Å². The van der Waals surface area contributed by atoms with Gasteiger partial charge in [-0.2, -0.15) is 0 Å². The molecule has 6 heteroatoms. The molecule has 1 unspecified atom stereocenters. The Labute approximate surface area is 126 Å². The minimum absolute atomic E-state index is 0.0571. The number of hydrogen-bond donors (Lipinski definition) is 3. The molecular weight excluding hydrogens is 324 g/mol. The molecule has 20 heavy (non-hydrogen) atoms. The first-order valence-corrected chi connectivity index (χ1v) is 7.16. The Kier molecular flexibility index (Phi) is 6.16. The van der Waals surface area contributed by atoms with Crippen LogP contribution < -0.4 is 10.6 Å². The molecule has 0 heterocycles. The Hall–Kier alpha value is -1.40. The van der Waals surface area contributed by atoms with E-state index in [2.05, 4.69) is 26.6 Å². The summed E-state index contributed by atoms with van der Waals surface area (Å²) >= 11 is 3.34. The van der Waals surface area contributed by atoms with Gasteiger partial charge in [0.1, 0.15) is 0 Å². The molecule has 3 N–H and O–H groups in total. The average molecular weight is 343 g/mol. The maximum atomic E-state index is 11.7. The molecule has 5 nitrogen and oxygen atoms in total. The van der Waals surface area contributed by atoms with Crippen molar-refractivity contribution in [1.29, 1.82) is 0 Å². The molecule has 1 amide bonds. The predicted octanol–water partition coefficient (Wildman–Crippen LogP) is 2.15. The van der Waals surface area contributed by atoms with E-state index in [-0.39, 0.29) is 23.6 Å². The lowest BCUT2D eigenvalue weighted by atomic mass is 10.1. The normalized spacial score (nSPS) is 12.2. The summed E-state index contributed by atoms with van der Waals surface area (Å²) in [6.45, 7) is 6.09. The van der Waals surface area contributed by atoms with Gasteiger partial charge in [-0.3, -0.25) is 4.79 Å². The Balaban J connectivity index is 2.62. The van der Waals surface area contributed by atoms with Crippen molar-refractivity contribution in [3.05, 3.63) is 33.8 Å². The molecular formula is C14H19BrN2O3. The highest BCUT2D eigenvalue weighted by molar-refractivity contribution is 9.10. The number of benzene rings is 1. The molecule has 0 bridgehead atoms. The van der Waals surface area contributed by atoms with E-state index < -0.39 is 5.97 Å². The molecule has 0 aliphatic rings. The number of carbonyl (C=O) groups excluding carboxylic acids is 1. The van der Waals surface area contributed by atoms with Gasteiger partial charge in [0.2, 0.25) is 5.91 Å². The molecule has 110 valence electrons. The number of nitrogens with one attached hydrogen (secondary N) is 2. The second kappa shape index (κ2) is 7.40. The maximum absolute atomic E-state index is 11.7. The van der Waals surface area contributed by atoms with Crippen LogP contribution in [0.4, 0.5) is 0 Å². The summed E-state index contributed by atoms with van der Waals surface area (Å²) in [6, 6.07) is 4.62. The number of halogens is 1. The van der Waals surface area contributed by atoms with Gasteiger partial charge in [-0.15, -0.1) is 0 Å². The minimum Gasteiger partial charge on any atom is -0.478 e. The van der Waals surface area contributed by atoms with Crippen LogP contribution in [0.15, 0.2) is 22.7 Å². The van der Waals surface area contributed by atoms with Crippen molar-refractivity contribution < 1.29 is 14.7 Å². The third-order valence-corrected chi connectivity index (χ3v) is 3.46. The lowest BCUT2D eigenvalue weighted by molar-refractivity contribution is -0.123. The molecule has 0 saturated heterocycles. The third kappa shape index (κ3) is 4.94. The Bertz CT molecular complexity index is 503. The zero-order valence-electron chi connectivity index (χ0n) is 11.7. The summed E-state index contributed by atoms with van der Waals surface area (Å²) in [4.78, 5) is 22.6. The van der Waals surface area contributed by atoms with Crippen LogP contribution >= 0.6 is 15.9 Å². The fraction of sp³-hybridized carbons (Fsp3) is 0.429. The first kappa shape index (κ1) is 16.7. The van der Waals surface area contributed by atoms with E-state index in [1.165, 1.54) is 0 Å². The monoisotopic (exact) mass is 342 g/mol. The van der Waals surface area contributed by atoms with Crippen molar-refractivity contribution in [1.82, 2.24) is 10.6 Å². The predicted molar refractivity (Wildman–Crippen MR) is 80.7 cm³/mol. The van der Waals surface area contributed by atoms with Crippen molar-refractivity contribution in [3.63, 3.8) is 0 Å². The van der Waals surface area contributed by atoms with Crippen molar-refractivity contribution in [2.24, 2.45) is 0 Å². The first-order chi connectivity index (χ1) is 9.31. The number of carboxylic acids is 1. The summed E-state index contributed by atoms with van der Waals surface area (Å²) in [6.07, 6.45) is 0. The second-order valence-electron chi connectivity index (χ2n) is 4.88. The number of carboxylic acid groups (broad SMARTS) is 1. The average Bonchev–Trinajstić information content (AvgIpc) is 2.35. The van der Waals surface area contributed by atoms with Crippen LogP contribution in [-0.2, 0) is 11.3 Å². The molecule has 0 aromatic heterocycles. The largest absolute Gasteiger partial charge is 0.478 e. The van der Waals surface area contributed by atoms with Crippen molar-refractivity contribution in [2.45, 2.75) is 39.4 Å². The highest BCUT2D eigenvalue weighted by Crippen LogP contribution is 2.18. The highest BCUT2D eigenvalue weighted by atomic mass is 79.9. The molecule has 0 saturated carbocycles. The fourth-order valence-electron chi connectivity index (χ4n) is 1.59. The molecule has 0 aliphatic heterocycles. The molecule has 0 radical (unpaired) electrons. The standard InChI is InChI=1S/C14H19BrN2O3/c1-8(2)17-13(18)9(3)16-7-11-5-4-10(14(19)20)6-12(11)15/h4-6,8-9,16H,7H2,1-3H3,(H,17,18)(H,19,20). The summed E-state index contributed by atoms with van der Waals surface area (Å²) in [5, 5.41) is 14.8. The third-order valence-electron chi connectivity index (χ3n) is 2.72. The topological polar surface area (TPSA) is 78.4 Å². The summed E-state index contributed by atoms with van der Waals surface area (Å²) in [5.41, 5.74) is 1.13. The van der Waals surface area contributed by atoms with Gasteiger partial charge in [-0.25, -0.2) is 4.79 Å². The number of rotatable bonds is 6. The first-order valence-electron chi connectivity index (χ1n) is 6.36. The van der Waals surface area contributed by atoms with E-state index in [0.29, 0.717) is 11.0 Å². The van der Waals surface area contributed by atoms with Gasteiger partial charge in [0, 0.05) is 17.1 Å². The van der Waals surface area contributed by atoms with Gasteiger partial charge < -0.3 is 15.7 Å². The van der Waals surface area contributed by atoms with Crippen LogP contribution in [0.1, 0.15) is 36.7 Å². The van der Waals surface area contributed by atoms with Crippen LogP contribution in [0.25, 0.3) is 0 Å². The second-order valence-corrected chi connectivity index (χ2v) is 5.73. The van der Waals surface area contributed by atoms with Crippen molar-refractivity contribution in [3.8, 4) is 0 Å². The Morgan fingerprint density at radius 3 is 2.45 bits per heavy atom.